The molecule has 0 saturated carbocycles. The number of amides is 1. The number of carbonyl (C=O) groups excluding carboxylic acids is 1. The fourth-order valence-corrected chi connectivity index (χ4v) is 4.82. The number of benzene rings is 2. The van der Waals surface area contributed by atoms with Crippen LogP contribution in [0.25, 0.3) is 0 Å². The molecule has 0 bridgehead atoms. The number of nitrogens with zero attached hydrogens (tertiary/aromatic N) is 2. The Hall–Kier alpha value is -2.92. The maximum atomic E-state index is 13.3. The van der Waals surface area contributed by atoms with Crippen molar-refractivity contribution < 1.29 is 26.4 Å². The van der Waals surface area contributed by atoms with Gasteiger partial charge in [0.2, 0.25) is 5.91 Å². The molecule has 1 aromatic heterocycles. The lowest BCUT2D eigenvalue weighted by Crippen LogP contribution is -2.41. The van der Waals surface area contributed by atoms with Crippen LogP contribution in [0.15, 0.2) is 82.4 Å². The number of anilines is 1. The van der Waals surface area contributed by atoms with Crippen molar-refractivity contribution in [3.63, 3.8) is 0 Å². The van der Waals surface area contributed by atoms with E-state index < -0.39 is 34.2 Å². The molecular formula is C21H17BrF3N3O3S. The number of carbonyl (C=O) groups is 1. The topological polar surface area (TPSA) is 79.4 Å². The Bertz CT molecular complexity index is 1190. The van der Waals surface area contributed by atoms with E-state index in [1.165, 1.54) is 36.7 Å². The third kappa shape index (κ3) is 5.65. The lowest BCUT2D eigenvalue weighted by Gasteiger charge is -2.26. The minimum absolute atomic E-state index is 0.0898. The zero-order chi connectivity index (χ0) is 23.4. The van der Waals surface area contributed by atoms with Crippen LogP contribution in [0.3, 0.4) is 0 Å². The number of hydrogen-bond donors (Lipinski definition) is 1. The van der Waals surface area contributed by atoms with Crippen molar-refractivity contribution in [1.29, 1.82) is 0 Å². The standard InChI is InChI=1S/C21H17BrF3N3O3S/c22-18-7-6-16(21(23,24)25)12-19(18)28(32(30,31)17-4-2-1-3-5-17)14-20(29)27-13-15-8-10-26-11-9-15/h1-12H,13-14H2,(H,27,29). The van der Waals surface area contributed by atoms with Crippen LogP contribution in [0.2, 0.25) is 0 Å². The number of nitrogens with one attached hydrogen (secondary N) is 1. The summed E-state index contributed by atoms with van der Waals surface area (Å²) < 4.78 is 67.2. The summed E-state index contributed by atoms with van der Waals surface area (Å²) in [6.07, 6.45) is -1.62. The minimum atomic E-state index is -4.69. The highest BCUT2D eigenvalue weighted by molar-refractivity contribution is 9.10. The van der Waals surface area contributed by atoms with Gasteiger partial charge < -0.3 is 5.32 Å². The van der Waals surface area contributed by atoms with Crippen molar-refractivity contribution in [3.05, 3.63) is 88.7 Å². The third-order valence-corrected chi connectivity index (χ3v) is 6.84. The fraction of sp³-hybridized carbons (Fsp3) is 0.143. The lowest BCUT2D eigenvalue weighted by atomic mass is 10.2. The molecule has 1 N–H and O–H groups in total. The minimum Gasteiger partial charge on any atom is -0.350 e. The van der Waals surface area contributed by atoms with Gasteiger partial charge in [-0.15, -0.1) is 0 Å². The molecule has 3 rings (SSSR count). The van der Waals surface area contributed by atoms with Gasteiger partial charge in [-0.05, 0) is 64.0 Å². The molecule has 0 aliphatic heterocycles. The van der Waals surface area contributed by atoms with E-state index in [1.807, 2.05) is 0 Å². The van der Waals surface area contributed by atoms with Crippen LogP contribution < -0.4 is 9.62 Å². The van der Waals surface area contributed by atoms with Gasteiger partial charge in [0.05, 0.1) is 16.1 Å². The van der Waals surface area contributed by atoms with Gasteiger partial charge in [-0.2, -0.15) is 13.2 Å². The molecule has 0 unspecified atom stereocenters. The normalized spacial score (nSPS) is 11.8. The van der Waals surface area contributed by atoms with E-state index >= 15 is 0 Å². The van der Waals surface area contributed by atoms with E-state index in [2.05, 4.69) is 26.2 Å². The predicted octanol–water partition coefficient (Wildman–Crippen LogP) is 4.37. The summed E-state index contributed by atoms with van der Waals surface area (Å²) in [6.45, 7) is -0.618. The summed E-state index contributed by atoms with van der Waals surface area (Å²) in [5.41, 5.74) is -0.616. The van der Waals surface area contributed by atoms with Crippen molar-refractivity contribution in [2.24, 2.45) is 0 Å². The van der Waals surface area contributed by atoms with Gasteiger partial charge in [0.1, 0.15) is 6.54 Å². The molecule has 3 aromatic rings. The molecule has 11 heteroatoms. The van der Waals surface area contributed by atoms with Crippen LogP contribution in [0.1, 0.15) is 11.1 Å². The zero-order valence-electron chi connectivity index (χ0n) is 16.4. The highest BCUT2D eigenvalue weighted by Crippen LogP contribution is 2.37. The van der Waals surface area contributed by atoms with E-state index in [0.717, 1.165) is 17.7 Å². The van der Waals surface area contributed by atoms with E-state index in [0.29, 0.717) is 10.4 Å². The van der Waals surface area contributed by atoms with Gasteiger partial charge in [0.15, 0.2) is 0 Å². The largest absolute Gasteiger partial charge is 0.416 e. The first-order chi connectivity index (χ1) is 15.1. The Morgan fingerprint density at radius 1 is 1.03 bits per heavy atom. The lowest BCUT2D eigenvalue weighted by molar-refractivity contribution is -0.137. The molecule has 0 atom stereocenters. The smallest absolute Gasteiger partial charge is 0.350 e. The summed E-state index contributed by atoms with van der Waals surface area (Å²) in [7, 11) is -4.35. The summed E-state index contributed by atoms with van der Waals surface area (Å²) in [6, 6.07) is 13.1. The molecule has 0 aliphatic rings. The zero-order valence-corrected chi connectivity index (χ0v) is 18.8. The number of hydrogen-bond acceptors (Lipinski definition) is 4. The quantitative estimate of drug-likeness (QED) is 0.494. The van der Waals surface area contributed by atoms with E-state index in [4.69, 9.17) is 0 Å². The third-order valence-electron chi connectivity index (χ3n) is 4.40. The molecule has 0 fully saturated rings. The first-order valence-electron chi connectivity index (χ1n) is 9.19. The van der Waals surface area contributed by atoms with E-state index in [1.54, 1.807) is 18.2 Å². The van der Waals surface area contributed by atoms with E-state index in [9.17, 15) is 26.4 Å². The van der Waals surface area contributed by atoms with Gasteiger partial charge in [-0.25, -0.2) is 8.42 Å². The second kappa shape index (κ2) is 9.70. The molecule has 6 nitrogen and oxygen atoms in total. The highest BCUT2D eigenvalue weighted by Gasteiger charge is 2.34. The Morgan fingerprint density at radius 3 is 2.31 bits per heavy atom. The number of sulfonamides is 1. The first kappa shape index (κ1) is 23.7. The van der Waals surface area contributed by atoms with Crippen LogP contribution in [0, 0.1) is 0 Å². The molecule has 0 saturated heterocycles. The Kier molecular flexibility index (Phi) is 7.19. The number of alkyl halides is 3. The van der Waals surface area contributed by atoms with Gasteiger partial charge in [0.25, 0.3) is 10.0 Å². The average molecular weight is 528 g/mol. The fourth-order valence-electron chi connectivity index (χ4n) is 2.79. The Morgan fingerprint density at radius 2 is 1.69 bits per heavy atom. The molecule has 0 aliphatic carbocycles. The predicted molar refractivity (Wildman–Crippen MR) is 116 cm³/mol. The molecule has 168 valence electrons. The summed E-state index contributed by atoms with van der Waals surface area (Å²) in [5.74, 6) is -0.689. The molecule has 0 radical (unpaired) electrons. The van der Waals surface area contributed by atoms with Crippen LogP contribution in [0.4, 0.5) is 18.9 Å². The number of aromatic nitrogens is 1. The number of pyridine rings is 1. The van der Waals surface area contributed by atoms with Crippen LogP contribution in [-0.2, 0) is 27.5 Å². The van der Waals surface area contributed by atoms with Gasteiger partial charge >= 0.3 is 6.18 Å². The second-order valence-electron chi connectivity index (χ2n) is 6.62. The maximum absolute atomic E-state index is 13.3. The summed E-state index contributed by atoms with van der Waals surface area (Å²) in [5, 5.41) is 2.58. The van der Waals surface area contributed by atoms with Crippen molar-refractivity contribution in [2.75, 3.05) is 10.8 Å². The number of halogens is 4. The Balaban J connectivity index is 1.98. The highest BCUT2D eigenvalue weighted by atomic mass is 79.9. The molecule has 1 amide bonds. The number of rotatable bonds is 7. The van der Waals surface area contributed by atoms with Gasteiger partial charge in [-0.1, -0.05) is 18.2 Å². The maximum Gasteiger partial charge on any atom is 0.416 e. The van der Waals surface area contributed by atoms with Crippen LogP contribution in [-0.4, -0.2) is 25.9 Å². The van der Waals surface area contributed by atoms with Crippen molar-refractivity contribution in [2.45, 2.75) is 17.6 Å². The first-order valence-corrected chi connectivity index (χ1v) is 11.4. The Labute approximate surface area is 191 Å². The summed E-state index contributed by atoms with van der Waals surface area (Å²) >= 11 is 3.12. The summed E-state index contributed by atoms with van der Waals surface area (Å²) in [4.78, 5) is 16.3. The molecule has 1 heterocycles. The van der Waals surface area contributed by atoms with Crippen molar-refractivity contribution >= 4 is 37.5 Å². The SMILES string of the molecule is O=C(CN(c1cc(C(F)(F)F)ccc1Br)S(=O)(=O)c1ccccc1)NCc1ccncc1. The molecular weight excluding hydrogens is 511 g/mol. The monoisotopic (exact) mass is 527 g/mol. The van der Waals surface area contributed by atoms with Gasteiger partial charge in [0, 0.05) is 23.4 Å². The van der Waals surface area contributed by atoms with Crippen LogP contribution >= 0.6 is 15.9 Å². The van der Waals surface area contributed by atoms with E-state index in [-0.39, 0.29) is 21.6 Å². The molecule has 2 aromatic carbocycles. The van der Waals surface area contributed by atoms with Gasteiger partial charge in [-0.3, -0.25) is 14.1 Å². The van der Waals surface area contributed by atoms with Crippen molar-refractivity contribution in [3.8, 4) is 0 Å². The molecule has 32 heavy (non-hydrogen) atoms. The molecule has 0 spiro atoms. The van der Waals surface area contributed by atoms with Crippen molar-refractivity contribution in [1.82, 2.24) is 10.3 Å². The average Bonchev–Trinajstić information content (AvgIpc) is 2.77. The van der Waals surface area contributed by atoms with Crippen LogP contribution in [0.5, 0.6) is 0 Å². The second-order valence-corrected chi connectivity index (χ2v) is 9.34.